The van der Waals surface area contributed by atoms with Gasteiger partial charge < -0.3 is 201 Å². The molecule has 2 rings (SSSR count). The van der Waals surface area contributed by atoms with Crippen LogP contribution in [-0.2, 0) is 87.9 Å². The van der Waals surface area contributed by atoms with E-state index in [-0.39, 0.29) is 168 Å². The third-order valence-electron chi connectivity index (χ3n) is 21.3. The fourth-order valence-electron chi connectivity index (χ4n) is 14.0. The van der Waals surface area contributed by atoms with Crippen LogP contribution in [0.15, 0.2) is 30.5 Å². The number of carbonyl (C=O) groups excluding carboxylic acids is 15. The highest BCUT2D eigenvalue weighted by molar-refractivity contribution is 6.02. The van der Waals surface area contributed by atoms with E-state index in [2.05, 4.69) is 122 Å². The van der Waals surface area contributed by atoms with Crippen LogP contribution in [0.5, 0.6) is 0 Å². The van der Waals surface area contributed by atoms with Gasteiger partial charge in [0.15, 0.2) is 53.6 Å². The van der Waals surface area contributed by atoms with Gasteiger partial charge in [0, 0.05) is 95.3 Å². The van der Waals surface area contributed by atoms with Gasteiger partial charge in [-0.3, -0.25) is 125 Å². The van der Waals surface area contributed by atoms with Gasteiger partial charge in [0.2, 0.25) is 88.6 Å². The first-order chi connectivity index (χ1) is 68.4. The SMILES string of the molecule is C[C@H](N)C(=O)N[C@@H](CCCNC(=N)N)C(=O)N[C@@H](CCCNC(=N)N)C(=O)N[C@@H](CC(N)=O)C(=O)N[C@@H](CCCNC(=N)N)C(=O)N[C@@H](CCCNC(=N)N)C(=O)N[C@@H](CCCNC(=N)N)C(=O)N[C@@H](CCCNC(=N)N)C(=O)N[C@@H](Cc1c[nH]c2ccccc12)C(=O)N[C@@H](CCCNC(=N)N)C(=O)N[C@@H](CCC(=O)O)C(=O)N[C@@H](CCCNC(=N)N)C(=O)N[C@@H](CCC(N)=O)C(=O)N[C@@H](CCCNC(=N)N)C(=O)O. The largest absolute Gasteiger partial charge is 0.481 e. The second-order valence-corrected chi connectivity index (χ2v) is 33.4. The van der Waals surface area contributed by atoms with Crippen molar-refractivity contribution in [3.8, 4) is 0 Å². The number of amides is 15. The van der Waals surface area contributed by atoms with Gasteiger partial charge >= 0.3 is 11.9 Å². The molecule has 1 aromatic heterocycles. The number of carboxylic acid groups (broad SMARTS) is 2. The first kappa shape index (κ1) is 124. The highest BCUT2D eigenvalue weighted by Crippen LogP contribution is 2.21. The lowest BCUT2D eigenvalue weighted by atomic mass is 10.0. The number of para-hydroxylation sites is 1. The molecule has 808 valence electrons. The van der Waals surface area contributed by atoms with Crippen LogP contribution >= 0.6 is 0 Å². The Morgan fingerprint density at radius 3 is 0.717 bits per heavy atom. The summed E-state index contributed by atoms with van der Waals surface area (Å²) in [4.78, 5) is 244. The molecule has 2 aromatic rings. The molecule has 1 aromatic carbocycles. The van der Waals surface area contributed by atoms with Crippen LogP contribution in [0.2, 0.25) is 0 Å². The van der Waals surface area contributed by atoms with Crippen molar-refractivity contribution >= 4 is 165 Å². The van der Waals surface area contributed by atoms with Gasteiger partial charge in [-0.1, -0.05) is 18.2 Å². The molecule has 0 spiro atoms. The molecular formula is C82H146N44O19. The summed E-state index contributed by atoms with van der Waals surface area (Å²) >= 11 is 0. The lowest BCUT2D eigenvalue weighted by Gasteiger charge is -2.29. The number of nitrogens with two attached hydrogens (primary N) is 12. The molecule has 1 heterocycles. The van der Waals surface area contributed by atoms with Crippen molar-refractivity contribution in [3.63, 3.8) is 0 Å². The second-order valence-electron chi connectivity index (χ2n) is 33.4. The minimum Gasteiger partial charge on any atom is -0.481 e. The second kappa shape index (κ2) is 67.5. The number of H-pyrrole nitrogens is 1. The van der Waals surface area contributed by atoms with Gasteiger partial charge in [-0.2, -0.15) is 0 Å². The quantitative estimate of drug-likeness (QED) is 0.0166. The Hall–Kier alpha value is -16.9. The Morgan fingerprint density at radius 1 is 0.276 bits per heavy atom. The number of primary amides is 2. The van der Waals surface area contributed by atoms with E-state index in [1.54, 1.807) is 24.3 Å². The summed E-state index contributed by atoms with van der Waals surface area (Å²) in [5, 5.41) is 145. The number of hydrogen-bond donors (Lipinski definition) is 46. The number of rotatable bonds is 73. The predicted molar refractivity (Wildman–Crippen MR) is 530 cm³/mol. The van der Waals surface area contributed by atoms with Crippen LogP contribution in [0.25, 0.3) is 10.9 Å². The summed E-state index contributed by atoms with van der Waals surface area (Å²) in [6.07, 6.45) is -5.95. The average Bonchev–Trinajstić information content (AvgIpc) is 1.68. The van der Waals surface area contributed by atoms with Crippen LogP contribution in [0, 0.1) is 48.7 Å². The monoisotopic (exact) mass is 2050 g/mol. The van der Waals surface area contributed by atoms with Crippen molar-refractivity contribution in [2.75, 3.05) is 58.9 Å². The van der Waals surface area contributed by atoms with Gasteiger partial charge in [-0.25, -0.2) is 4.79 Å². The molecule has 58 N–H and O–H groups in total. The molecule has 0 aliphatic carbocycles. The third kappa shape index (κ3) is 53.9. The first-order valence-corrected chi connectivity index (χ1v) is 46.4. The zero-order valence-corrected chi connectivity index (χ0v) is 80.6. The molecule has 63 nitrogen and oxygen atoms in total. The molecule has 0 aliphatic heterocycles. The Labute approximate surface area is 833 Å². The molecule has 0 aliphatic rings. The van der Waals surface area contributed by atoms with Gasteiger partial charge in [0.1, 0.15) is 78.5 Å². The van der Waals surface area contributed by atoms with Crippen molar-refractivity contribution in [2.24, 2.45) is 68.8 Å². The Kier molecular flexibility index (Phi) is 57.8. The highest BCUT2D eigenvalue weighted by Gasteiger charge is 2.39. The van der Waals surface area contributed by atoms with Gasteiger partial charge in [0.25, 0.3) is 0 Å². The van der Waals surface area contributed by atoms with Crippen LogP contribution in [0.1, 0.15) is 160 Å². The summed E-state index contributed by atoms with van der Waals surface area (Å²) < 4.78 is 0. The van der Waals surface area contributed by atoms with Crippen molar-refractivity contribution in [3.05, 3.63) is 36.0 Å². The zero-order chi connectivity index (χ0) is 109. The number of fused-ring (bicyclic) bond motifs is 1. The van der Waals surface area contributed by atoms with Crippen molar-refractivity contribution in [2.45, 2.75) is 246 Å². The van der Waals surface area contributed by atoms with Crippen LogP contribution in [0.4, 0.5) is 0 Å². The van der Waals surface area contributed by atoms with Crippen LogP contribution < -0.4 is 186 Å². The molecule has 0 fully saturated rings. The summed E-state index contributed by atoms with van der Waals surface area (Å²) in [5.74, 6) is -24.1. The number of benzene rings is 1. The third-order valence-corrected chi connectivity index (χ3v) is 21.3. The maximum Gasteiger partial charge on any atom is 0.326 e. The van der Waals surface area contributed by atoms with E-state index in [0.29, 0.717) is 16.5 Å². The van der Waals surface area contributed by atoms with E-state index < -0.39 is 284 Å². The first-order valence-electron chi connectivity index (χ1n) is 46.4. The minimum absolute atomic E-state index is 0.00416. The number of guanidine groups is 9. The summed E-state index contributed by atoms with van der Waals surface area (Å²) in [6.45, 7) is 0.552. The molecule has 0 saturated carbocycles. The highest BCUT2D eigenvalue weighted by atomic mass is 16.4. The van der Waals surface area contributed by atoms with Crippen LogP contribution in [-0.4, -0.2) is 313 Å². The van der Waals surface area contributed by atoms with Crippen LogP contribution in [0.3, 0.4) is 0 Å². The number of aromatic amines is 1. The Bertz CT molecular complexity index is 4790. The number of aromatic nitrogens is 1. The molecule has 14 atom stereocenters. The lowest BCUT2D eigenvalue weighted by Crippen LogP contribution is -2.61. The summed E-state index contributed by atoms with van der Waals surface area (Å²) in [5.41, 5.74) is 67.6. The molecule has 0 bridgehead atoms. The average molecular weight is 2050 g/mol. The Morgan fingerprint density at radius 2 is 0.483 bits per heavy atom. The molecule has 0 radical (unpaired) electrons. The fourth-order valence-corrected chi connectivity index (χ4v) is 14.0. The number of carboxylic acids is 2. The number of aliphatic carboxylic acids is 2. The standard InChI is InChI=1S/C82H146N44O19/c1-40(83)60(131)114-44(15-4-28-104-74(86)87)61(132)117-51(22-11-35-111-81(100)101)68(139)126-56(38-58(85)128)72(143)121-48(19-8-32-108-78(94)95)64(135)116-45(16-5-29-105-75(88)89)62(133)115-46(17-6-30-106-76(90)91)63(134)118-50(21-10-34-110-80(98)99)67(138)125-55(37-41-39-113-43-14-3-2-13-42(41)43)71(142)120-49(20-9-33-109-79(96)97)66(137)123-53(25-27-59(129)130)69(140)119-47(18-7-31-107-77(92)93)65(136)122-52(24-26-57(84)127)70(141)124-54(73(144)145)23-12-36-112-82(102)103/h2-3,13-14,39-40,44-56,113H,4-12,15-38,83H2,1H3,(H2,84,127)(H2,85,128)(H,114,131)(H,115,133)(H,116,135)(H,117,132)(H,118,134)(H,119,140)(H,120,142)(H,121,143)(H,122,136)(H,123,137)(H,124,141)(H,125,138)(H,126,139)(H,129,130)(H,144,145)(H4,86,87,104)(H4,88,89,105)(H4,90,91,106)(H4,92,93,107)(H4,94,95,108)(H4,96,97,109)(H4,98,99,110)(H4,100,101,111)(H4,102,103,112)/t40-,44-,45-,46-,47-,48-,49-,50-,51-,52-,53-,54-,55-,56-/m0/s1. The number of carbonyl (C=O) groups is 17. The topological polar surface area (TPSA) is 1140 Å². The molecule has 63 heteroatoms. The van der Waals surface area contributed by atoms with E-state index in [9.17, 15) is 63.0 Å². The van der Waals surface area contributed by atoms with Gasteiger partial charge in [-0.15, -0.1) is 0 Å². The van der Waals surface area contributed by atoms with E-state index >= 15 is 28.8 Å². The maximum atomic E-state index is 15.5. The normalized spacial score (nSPS) is 13.7. The summed E-state index contributed by atoms with van der Waals surface area (Å²) in [6, 6.07) is -17.0. The summed E-state index contributed by atoms with van der Waals surface area (Å²) in [7, 11) is 0. The van der Waals surface area contributed by atoms with Gasteiger partial charge in [-0.05, 0) is 147 Å². The van der Waals surface area contributed by atoms with E-state index in [1.165, 1.54) is 13.1 Å². The molecule has 0 unspecified atom stereocenters. The van der Waals surface area contributed by atoms with Crippen molar-refractivity contribution < 1.29 is 91.7 Å². The zero-order valence-electron chi connectivity index (χ0n) is 80.6. The molecule has 0 saturated heterocycles. The number of hydrogen-bond acceptors (Lipinski definition) is 27. The van der Waals surface area contributed by atoms with Crippen molar-refractivity contribution in [1.82, 2.24) is 122 Å². The molecular weight excluding hydrogens is 1910 g/mol. The molecule has 145 heavy (non-hydrogen) atoms. The van der Waals surface area contributed by atoms with Crippen molar-refractivity contribution in [1.29, 1.82) is 48.7 Å². The minimum atomic E-state index is -1.97. The number of nitrogens with one attached hydrogen (secondary N) is 32. The Balaban J connectivity index is 2.96. The van der Waals surface area contributed by atoms with E-state index in [0.717, 1.165) is 0 Å². The smallest absolute Gasteiger partial charge is 0.326 e. The maximum absolute atomic E-state index is 15.5. The lowest BCUT2D eigenvalue weighted by molar-refractivity contribution is -0.143. The van der Waals surface area contributed by atoms with E-state index in [4.69, 9.17) is 117 Å². The fraction of sp³-hybridized carbons (Fsp3) is 0.585. The van der Waals surface area contributed by atoms with Gasteiger partial charge in [0.05, 0.1) is 12.5 Å². The predicted octanol–water partition coefficient (Wildman–Crippen LogP) is -14.2. The van der Waals surface area contributed by atoms with E-state index in [1.807, 2.05) is 0 Å². The molecule has 15 amide bonds.